The Balaban J connectivity index is 0.00000242. The van der Waals surface area contributed by atoms with Gasteiger partial charge in [-0.15, -0.1) is 24.0 Å². The second-order valence-corrected chi connectivity index (χ2v) is 5.46. The monoisotopic (exact) mass is 421 g/mol. The van der Waals surface area contributed by atoms with E-state index in [2.05, 4.69) is 9.89 Å². The van der Waals surface area contributed by atoms with Gasteiger partial charge in [0.1, 0.15) is 6.10 Å². The van der Waals surface area contributed by atoms with E-state index in [4.69, 9.17) is 10.5 Å². The molecule has 0 aromatic heterocycles. The van der Waals surface area contributed by atoms with Crippen LogP contribution in [0.2, 0.25) is 0 Å². The number of hydrogen-bond acceptors (Lipinski definition) is 2. The lowest BCUT2D eigenvalue weighted by Gasteiger charge is -2.21. The molecule has 0 radical (unpaired) electrons. The number of hydrogen-bond donors (Lipinski definition) is 1. The Kier molecular flexibility index (Phi) is 8.52. The Bertz CT molecular complexity index is 476. The molecule has 1 aromatic carbocycles. The minimum atomic E-state index is -0.353. The highest BCUT2D eigenvalue weighted by molar-refractivity contribution is 14.0. The predicted molar refractivity (Wildman–Crippen MR) is 98.4 cm³/mol. The summed E-state index contributed by atoms with van der Waals surface area (Å²) in [5, 5.41) is 0. The molecule has 0 aliphatic carbocycles. The van der Waals surface area contributed by atoms with Gasteiger partial charge >= 0.3 is 0 Å². The summed E-state index contributed by atoms with van der Waals surface area (Å²) in [5.74, 6) is 0.475. The second-order valence-electron chi connectivity index (χ2n) is 5.46. The molecule has 0 bridgehead atoms. The average Bonchev–Trinajstić information content (AvgIpc) is 2.76. The van der Waals surface area contributed by atoms with E-state index in [1.165, 1.54) is 18.9 Å². The van der Waals surface area contributed by atoms with Crippen LogP contribution in [0.4, 0.5) is 4.39 Å². The number of halogens is 2. The van der Waals surface area contributed by atoms with Gasteiger partial charge in [-0.25, -0.2) is 9.38 Å². The molecular weight excluding hydrogens is 396 g/mol. The van der Waals surface area contributed by atoms with Crippen molar-refractivity contribution in [2.75, 3.05) is 19.6 Å². The van der Waals surface area contributed by atoms with Crippen LogP contribution in [0.25, 0.3) is 0 Å². The first-order valence-corrected chi connectivity index (χ1v) is 7.63. The van der Waals surface area contributed by atoms with Gasteiger partial charge in [0.25, 0.3) is 0 Å². The molecule has 4 nitrogen and oxygen atoms in total. The van der Waals surface area contributed by atoms with Crippen molar-refractivity contribution >= 4 is 29.9 Å². The number of para-hydroxylation sites is 1. The first kappa shape index (κ1) is 19.0. The van der Waals surface area contributed by atoms with E-state index in [1.54, 1.807) is 18.2 Å². The Labute approximate surface area is 148 Å². The molecule has 1 atom stereocenters. The molecule has 124 valence electrons. The summed E-state index contributed by atoms with van der Waals surface area (Å²) in [6.07, 6.45) is 4.63. The van der Waals surface area contributed by atoms with Crippen LogP contribution < -0.4 is 10.5 Å². The van der Waals surface area contributed by atoms with Crippen molar-refractivity contribution < 1.29 is 9.13 Å². The second kappa shape index (κ2) is 9.86. The zero-order chi connectivity index (χ0) is 15.1. The average molecular weight is 421 g/mol. The van der Waals surface area contributed by atoms with Crippen LogP contribution in [0.3, 0.4) is 0 Å². The van der Waals surface area contributed by atoms with Crippen LogP contribution in [-0.2, 0) is 0 Å². The van der Waals surface area contributed by atoms with Gasteiger partial charge in [0.05, 0.1) is 6.54 Å². The number of ether oxygens (including phenoxy) is 1. The number of guanidine groups is 1. The molecular formula is C16H25FIN3O. The van der Waals surface area contributed by atoms with E-state index in [9.17, 15) is 4.39 Å². The fourth-order valence-electron chi connectivity index (χ4n) is 2.42. The van der Waals surface area contributed by atoms with Crippen molar-refractivity contribution in [2.24, 2.45) is 10.7 Å². The summed E-state index contributed by atoms with van der Waals surface area (Å²) in [6, 6.07) is 6.40. The first-order valence-electron chi connectivity index (χ1n) is 7.63. The minimum Gasteiger partial charge on any atom is -0.486 e. The fraction of sp³-hybridized carbons (Fsp3) is 0.562. The molecule has 0 saturated carbocycles. The Hall–Kier alpha value is -1.05. The Morgan fingerprint density at radius 1 is 1.27 bits per heavy atom. The van der Waals surface area contributed by atoms with Gasteiger partial charge in [0, 0.05) is 13.1 Å². The van der Waals surface area contributed by atoms with Crippen LogP contribution in [0.1, 0.15) is 32.6 Å². The molecule has 6 heteroatoms. The molecule has 1 saturated heterocycles. The van der Waals surface area contributed by atoms with Gasteiger partial charge in [0.2, 0.25) is 0 Å². The molecule has 1 aliphatic rings. The first-order chi connectivity index (χ1) is 10.2. The van der Waals surface area contributed by atoms with Gasteiger partial charge in [-0.05, 0) is 31.9 Å². The van der Waals surface area contributed by atoms with Gasteiger partial charge in [-0.3, -0.25) is 0 Å². The normalized spacial score (nSPS) is 17.4. The molecule has 1 unspecified atom stereocenters. The summed E-state index contributed by atoms with van der Waals surface area (Å²) >= 11 is 0. The smallest absolute Gasteiger partial charge is 0.191 e. The highest BCUT2D eigenvalue weighted by Crippen LogP contribution is 2.17. The zero-order valence-corrected chi connectivity index (χ0v) is 15.3. The van der Waals surface area contributed by atoms with Gasteiger partial charge < -0.3 is 15.4 Å². The molecule has 0 amide bonds. The number of rotatable bonds is 4. The maximum Gasteiger partial charge on any atom is 0.191 e. The van der Waals surface area contributed by atoms with Crippen molar-refractivity contribution in [2.45, 2.75) is 38.7 Å². The topological polar surface area (TPSA) is 50.8 Å². The van der Waals surface area contributed by atoms with E-state index in [-0.39, 0.29) is 41.6 Å². The largest absolute Gasteiger partial charge is 0.486 e. The number of likely N-dealkylation sites (tertiary alicyclic amines) is 1. The molecule has 1 aliphatic heterocycles. The quantitative estimate of drug-likeness (QED) is 0.461. The minimum absolute atomic E-state index is 0. The summed E-state index contributed by atoms with van der Waals surface area (Å²) in [4.78, 5) is 6.52. The predicted octanol–water partition coefficient (Wildman–Crippen LogP) is 3.40. The van der Waals surface area contributed by atoms with E-state index < -0.39 is 0 Å². The third kappa shape index (κ3) is 5.98. The summed E-state index contributed by atoms with van der Waals surface area (Å²) in [5.41, 5.74) is 6.04. The molecule has 1 heterocycles. The van der Waals surface area contributed by atoms with Crippen LogP contribution in [0.15, 0.2) is 29.3 Å². The van der Waals surface area contributed by atoms with E-state index in [0.717, 1.165) is 25.9 Å². The zero-order valence-electron chi connectivity index (χ0n) is 13.0. The highest BCUT2D eigenvalue weighted by atomic mass is 127. The van der Waals surface area contributed by atoms with Gasteiger partial charge in [-0.2, -0.15) is 0 Å². The fourth-order valence-corrected chi connectivity index (χ4v) is 2.42. The van der Waals surface area contributed by atoms with Crippen LogP contribution in [0, 0.1) is 5.82 Å². The van der Waals surface area contributed by atoms with Crippen molar-refractivity contribution in [1.82, 2.24) is 4.90 Å². The lowest BCUT2D eigenvalue weighted by Crippen LogP contribution is -2.38. The number of aliphatic imine (C=N–C) groups is 1. The lowest BCUT2D eigenvalue weighted by molar-refractivity contribution is 0.219. The maximum atomic E-state index is 13.5. The summed E-state index contributed by atoms with van der Waals surface area (Å²) < 4.78 is 19.0. The van der Waals surface area contributed by atoms with Gasteiger partial charge in [-0.1, -0.05) is 25.0 Å². The lowest BCUT2D eigenvalue weighted by atomic mass is 10.2. The third-order valence-corrected chi connectivity index (χ3v) is 3.61. The maximum absolute atomic E-state index is 13.5. The standard InChI is InChI=1S/C16H24FN3O.HI/c1-13(21-15-9-5-4-8-14(15)17)12-19-16(18)20-10-6-2-3-7-11-20;/h4-5,8-9,13H,2-3,6-7,10-12H2,1H3,(H2,18,19);1H. The summed E-state index contributed by atoms with van der Waals surface area (Å²) in [7, 11) is 0. The van der Waals surface area contributed by atoms with E-state index in [0.29, 0.717) is 12.5 Å². The third-order valence-electron chi connectivity index (χ3n) is 3.61. The van der Waals surface area contributed by atoms with Crippen molar-refractivity contribution in [1.29, 1.82) is 0 Å². The highest BCUT2D eigenvalue weighted by Gasteiger charge is 2.12. The van der Waals surface area contributed by atoms with E-state index in [1.807, 2.05) is 6.92 Å². The molecule has 2 rings (SSSR count). The Morgan fingerprint density at radius 3 is 2.55 bits per heavy atom. The van der Waals surface area contributed by atoms with Crippen LogP contribution in [0.5, 0.6) is 5.75 Å². The van der Waals surface area contributed by atoms with Crippen LogP contribution >= 0.6 is 24.0 Å². The van der Waals surface area contributed by atoms with Crippen molar-refractivity contribution in [3.05, 3.63) is 30.1 Å². The number of nitrogens with zero attached hydrogens (tertiary/aromatic N) is 2. The molecule has 2 N–H and O–H groups in total. The summed E-state index contributed by atoms with van der Waals surface area (Å²) in [6.45, 7) is 4.23. The number of benzene rings is 1. The van der Waals surface area contributed by atoms with Crippen LogP contribution in [-0.4, -0.2) is 36.6 Å². The van der Waals surface area contributed by atoms with E-state index >= 15 is 0 Å². The Morgan fingerprint density at radius 2 is 1.91 bits per heavy atom. The van der Waals surface area contributed by atoms with Crippen molar-refractivity contribution in [3.8, 4) is 5.75 Å². The molecule has 0 spiro atoms. The molecule has 1 aromatic rings. The van der Waals surface area contributed by atoms with Gasteiger partial charge in [0.15, 0.2) is 17.5 Å². The SMILES string of the molecule is CC(CN=C(N)N1CCCCCC1)Oc1ccccc1F.I. The number of nitrogens with two attached hydrogens (primary N) is 1. The molecule has 22 heavy (non-hydrogen) atoms. The molecule has 1 fully saturated rings. The van der Waals surface area contributed by atoms with Crippen molar-refractivity contribution in [3.63, 3.8) is 0 Å².